The van der Waals surface area contributed by atoms with E-state index < -0.39 is 0 Å². The second-order valence-corrected chi connectivity index (χ2v) is 10.7. The van der Waals surface area contributed by atoms with Crippen LogP contribution >= 0.6 is 24.0 Å². The Morgan fingerprint density at radius 3 is 2.42 bits per heavy atom. The summed E-state index contributed by atoms with van der Waals surface area (Å²) >= 11 is 6.76. The number of pyridine rings is 1. The minimum absolute atomic E-state index is 0.195. The maximum absolute atomic E-state index is 13.7. The summed E-state index contributed by atoms with van der Waals surface area (Å²) in [5.41, 5.74) is 2.79. The van der Waals surface area contributed by atoms with Gasteiger partial charge in [-0.15, -0.1) is 0 Å². The highest BCUT2D eigenvalue weighted by Gasteiger charge is 2.33. The van der Waals surface area contributed by atoms with E-state index in [1.54, 1.807) is 34.4 Å². The molecule has 1 aromatic heterocycles. The summed E-state index contributed by atoms with van der Waals surface area (Å²) in [7, 11) is 1.74. The van der Waals surface area contributed by atoms with Gasteiger partial charge < -0.3 is 19.1 Å². The number of carbonyl (C=O) groups is 2. The van der Waals surface area contributed by atoms with E-state index in [1.165, 1.54) is 11.8 Å². The maximum atomic E-state index is 13.7. The lowest BCUT2D eigenvalue weighted by Crippen LogP contribution is -2.49. The van der Waals surface area contributed by atoms with Crippen LogP contribution in [0.1, 0.15) is 18.1 Å². The Balaban J connectivity index is 1.54. The number of hydrogen-bond acceptors (Lipinski definition) is 7. The highest BCUT2D eigenvalue weighted by Crippen LogP contribution is 2.37. The van der Waals surface area contributed by atoms with Crippen LogP contribution in [0, 0.1) is 0 Å². The molecule has 2 aliphatic heterocycles. The average molecular weight is 549 g/mol. The van der Waals surface area contributed by atoms with Gasteiger partial charge in [0.05, 0.1) is 34.8 Å². The fourth-order valence-corrected chi connectivity index (χ4v) is 6.07. The molecule has 2 fully saturated rings. The van der Waals surface area contributed by atoms with Crippen molar-refractivity contribution < 1.29 is 14.3 Å². The maximum Gasteiger partial charge on any atom is 0.409 e. The van der Waals surface area contributed by atoms with Gasteiger partial charge in [0.15, 0.2) is 0 Å². The second-order valence-electron chi connectivity index (χ2n) is 9.07. The number of anilines is 1. The number of para-hydroxylation sites is 1. The molecule has 0 unspecified atom stereocenters. The number of thioether (sulfide) groups is 1. The number of fused-ring (bicyclic) bond motifs is 1. The first-order chi connectivity index (χ1) is 18.4. The Morgan fingerprint density at radius 2 is 1.71 bits per heavy atom. The van der Waals surface area contributed by atoms with Crippen molar-refractivity contribution in [2.75, 3.05) is 37.7 Å². The molecule has 2 saturated heterocycles. The lowest BCUT2D eigenvalue weighted by Gasteiger charge is -2.36. The molecule has 0 N–H and O–H groups in total. The predicted octanol–water partition coefficient (Wildman–Crippen LogP) is 4.22. The van der Waals surface area contributed by atoms with Crippen molar-refractivity contribution in [1.29, 1.82) is 0 Å². The molecular weight excluding hydrogens is 520 g/mol. The first-order valence-corrected chi connectivity index (χ1v) is 13.7. The SMILES string of the molecule is CCOC(=O)N1CCN(c2c(C=C3SC(=S)N(Cc4ccccc4)C3=O)c(=O)n(C)c3ccccc23)CC1. The van der Waals surface area contributed by atoms with Crippen LogP contribution in [0.25, 0.3) is 17.0 Å². The Bertz CT molecular complexity index is 1490. The molecule has 2 aliphatic rings. The number of ether oxygens (including phenoxy) is 1. The van der Waals surface area contributed by atoms with Crippen LogP contribution in [0.2, 0.25) is 0 Å². The van der Waals surface area contributed by atoms with Crippen molar-refractivity contribution in [3.8, 4) is 0 Å². The fraction of sp³-hybridized carbons (Fsp3) is 0.286. The van der Waals surface area contributed by atoms with E-state index in [9.17, 15) is 14.4 Å². The third-order valence-electron chi connectivity index (χ3n) is 6.77. The zero-order valence-electron chi connectivity index (χ0n) is 21.3. The second kappa shape index (κ2) is 11.0. The van der Waals surface area contributed by atoms with Gasteiger partial charge in [0.2, 0.25) is 0 Å². The predicted molar refractivity (Wildman–Crippen MR) is 155 cm³/mol. The molecule has 0 spiro atoms. The van der Waals surface area contributed by atoms with Gasteiger partial charge in [-0.3, -0.25) is 14.5 Å². The van der Waals surface area contributed by atoms with Gasteiger partial charge in [0.25, 0.3) is 11.5 Å². The zero-order chi connectivity index (χ0) is 26.8. The number of nitrogens with zero attached hydrogens (tertiary/aromatic N) is 4. The highest BCUT2D eigenvalue weighted by atomic mass is 32.2. The standard InChI is InChI=1S/C28H28N4O4S2/c1-3-36-27(35)31-15-13-30(14-16-31)24-20-11-7-8-12-22(20)29(2)25(33)21(24)17-23-26(34)32(28(37)38-23)18-19-9-5-4-6-10-19/h4-12,17H,3,13-16,18H2,1-2H3. The summed E-state index contributed by atoms with van der Waals surface area (Å²) in [5.74, 6) is -0.211. The van der Waals surface area contributed by atoms with Crippen LogP contribution in [-0.2, 0) is 23.1 Å². The molecule has 0 radical (unpaired) electrons. The first-order valence-electron chi connectivity index (χ1n) is 12.5. The molecule has 3 heterocycles. The summed E-state index contributed by atoms with van der Waals surface area (Å²) in [6, 6.07) is 17.4. The summed E-state index contributed by atoms with van der Waals surface area (Å²) in [4.78, 5) is 45.2. The molecule has 8 nitrogen and oxygen atoms in total. The normalized spacial score (nSPS) is 17.1. The van der Waals surface area contributed by atoms with E-state index in [0.29, 0.717) is 54.1 Å². The van der Waals surface area contributed by atoms with Gasteiger partial charge in [-0.25, -0.2) is 4.79 Å². The van der Waals surface area contributed by atoms with Crippen molar-refractivity contribution in [3.63, 3.8) is 0 Å². The van der Waals surface area contributed by atoms with Crippen LogP contribution in [0.5, 0.6) is 0 Å². The van der Waals surface area contributed by atoms with Gasteiger partial charge in [0.1, 0.15) is 4.32 Å². The summed E-state index contributed by atoms with van der Waals surface area (Å²) in [6.45, 7) is 4.50. The topological polar surface area (TPSA) is 75.1 Å². The van der Waals surface area contributed by atoms with Gasteiger partial charge in [-0.05, 0) is 24.6 Å². The molecule has 0 aliphatic carbocycles. The molecule has 2 amide bonds. The molecule has 3 aromatic rings. The lowest BCUT2D eigenvalue weighted by molar-refractivity contribution is -0.122. The van der Waals surface area contributed by atoms with Gasteiger partial charge in [-0.2, -0.15) is 0 Å². The molecular formula is C28H28N4O4S2. The van der Waals surface area contributed by atoms with E-state index in [2.05, 4.69) is 4.90 Å². The highest BCUT2D eigenvalue weighted by molar-refractivity contribution is 8.26. The van der Waals surface area contributed by atoms with Crippen LogP contribution in [0.3, 0.4) is 0 Å². The van der Waals surface area contributed by atoms with E-state index in [1.807, 2.05) is 54.6 Å². The third kappa shape index (κ3) is 4.93. The number of rotatable bonds is 5. The molecule has 38 heavy (non-hydrogen) atoms. The van der Waals surface area contributed by atoms with E-state index in [0.717, 1.165) is 22.2 Å². The number of aryl methyl sites for hydroxylation is 1. The lowest BCUT2D eigenvalue weighted by atomic mass is 10.1. The van der Waals surface area contributed by atoms with Crippen LogP contribution in [0.15, 0.2) is 64.3 Å². The van der Waals surface area contributed by atoms with Gasteiger partial charge in [-0.1, -0.05) is 72.5 Å². The molecule has 5 rings (SSSR count). The van der Waals surface area contributed by atoms with E-state index in [4.69, 9.17) is 17.0 Å². The van der Waals surface area contributed by atoms with Crippen molar-refractivity contribution in [3.05, 3.63) is 81.0 Å². The number of amides is 2. The number of hydrogen-bond donors (Lipinski definition) is 0. The smallest absolute Gasteiger partial charge is 0.409 e. The van der Waals surface area contributed by atoms with Crippen LogP contribution in [-0.4, -0.2) is 63.5 Å². The van der Waals surface area contributed by atoms with E-state index in [-0.39, 0.29) is 17.6 Å². The summed E-state index contributed by atoms with van der Waals surface area (Å²) in [6.07, 6.45) is 1.36. The van der Waals surface area contributed by atoms with Crippen molar-refractivity contribution in [2.24, 2.45) is 7.05 Å². The monoisotopic (exact) mass is 548 g/mol. The number of carbonyl (C=O) groups excluding carboxylic acids is 2. The Kier molecular flexibility index (Phi) is 7.53. The summed E-state index contributed by atoms with van der Waals surface area (Å²) in [5, 5.41) is 0.908. The number of aromatic nitrogens is 1. The molecule has 0 saturated carbocycles. The fourth-order valence-electron chi connectivity index (χ4n) is 4.83. The van der Waals surface area contributed by atoms with Crippen LogP contribution < -0.4 is 10.5 Å². The van der Waals surface area contributed by atoms with Gasteiger partial charge in [0, 0.05) is 38.6 Å². The molecule has 0 bridgehead atoms. The number of thiocarbonyl (C=S) groups is 1. The minimum atomic E-state index is -0.330. The minimum Gasteiger partial charge on any atom is -0.450 e. The third-order valence-corrected chi connectivity index (χ3v) is 8.14. The zero-order valence-corrected chi connectivity index (χ0v) is 22.9. The van der Waals surface area contributed by atoms with Crippen molar-refractivity contribution >= 4 is 63.0 Å². The molecule has 2 aromatic carbocycles. The Hall–Kier alpha value is -3.63. The molecule has 0 atom stereocenters. The first kappa shape index (κ1) is 26.0. The number of piperazine rings is 1. The molecule has 10 heteroatoms. The average Bonchev–Trinajstić information content (AvgIpc) is 3.20. The molecule has 196 valence electrons. The summed E-state index contributed by atoms with van der Waals surface area (Å²) < 4.78 is 7.24. The van der Waals surface area contributed by atoms with E-state index >= 15 is 0 Å². The van der Waals surface area contributed by atoms with Crippen LogP contribution in [0.4, 0.5) is 10.5 Å². The largest absolute Gasteiger partial charge is 0.450 e. The Labute approximate surface area is 230 Å². The van der Waals surface area contributed by atoms with Gasteiger partial charge >= 0.3 is 6.09 Å². The Morgan fingerprint density at radius 1 is 1.03 bits per heavy atom. The quantitative estimate of drug-likeness (QED) is 0.349. The van der Waals surface area contributed by atoms with Crippen molar-refractivity contribution in [2.45, 2.75) is 13.5 Å². The number of benzene rings is 2. The van der Waals surface area contributed by atoms with Crippen molar-refractivity contribution in [1.82, 2.24) is 14.4 Å².